The fraction of sp³-hybridized carbons (Fsp3) is 0.476. The van der Waals surface area contributed by atoms with E-state index in [0.29, 0.717) is 45.8 Å². The molecule has 1 atom stereocenters. The minimum absolute atomic E-state index is 0.0613. The fourth-order valence-electron chi connectivity index (χ4n) is 11.5. The summed E-state index contributed by atoms with van der Waals surface area (Å²) in [6.07, 6.45) is 7.44. The van der Waals surface area contributed by atoms with Crippen LogP contribution in [0.5, 0.6) is 5.75 Å². The Morgan fingerprint density at radius 3 is 2.21 bits per heavy atom. The van der Waals surface area contributed by atoms with Crippen LogP contribution in [0, 0.1) is 11.7 Å². The van der Waals surface area contributed by atoms with E-state index in [2.05, 4.69) is 75.0 Å². The van der Waals surface area contributed by atoms with E-state index >= 15 is 0 Å². The second kappa shape index (κ2) is 32.2. The molecular formula is C63H80ClF4N9O4S3. The molecule has 5 aromatic carbocycles. The van der Waals surface area contributed by atoms with E-state index in [4.69, 9.17) is 27.0 Å². The number of nitrogens with zero attached hydrogens (tertiary/aromatic N) is 6. The van der Waals surface area contributed by atoms with Gasteiger partial charge in [0.1, 0.15) is 5.82 Å². The number of nitrogens with two attached hydrogens (primary N) is 1. The number of nitrogen functional groups attached to an aromatic ring is 1. The lowest BCUT2D eigenvalue weighted by Gasteiger charge is -2.39. The molecule has 0 bridgehead atoms. The summed E-state index contributed by atoms with van der Waals surface area (Å²) in [6.45, 7) is 18.7. The molecule has 0 aliphatic carbocycles. The summed E-state index contributed by atoms with van der Waals surface area (Å²) in [5.41, 5.74) is 8.52. The molecule has 4 N–H and O–H groups in total. The lowest BCUT2D eigenvalue weighted by Crippen LogP contribution is -2.49. The van der Waals surface area contributed by atoms with Crippen molar-refractivity contribution in [3.63, 3.8) is 0 Å². The van der Waals surface area contributed by atoms with Crippen LogP contribution in [0.1, 0.15) is 67.8 Å². The SMILES string of the molecule is C/C(CN1CCN(c2ccc(C(=O)NSc3ccc(NC(CCN4CCCOCC4)CSc4ccccc4)c(OOSC(F)(F)F)c3)cc2)CC1)=C(\CCCCN1CCC(CN2CCN(c3cc(N)ccc3F)CC2)CC1)c1ccc(Cl)cc1. The third-order valence-electron chi connectivity index (χ3n) is 16.2. The molecule has 1 unspecified atom stereocenters. The van der Waals surface area contributed by atoms with Crippen molar-refractivity contribution < 1.29 is 36.3 Å². The third kappa shape index (κ3) is 20.1. The van der Waals surface area contributed by atoms with Crippen molar-refractivity contribution in [1.82, 2.24) is 24.3 Å². The van der Waals surface area contributed by atoms with Gasteiger partial charge in [0.15, 0.2) is 17.8 Å². The van der Waals surface area contributed by atoms with E-state index in [1.165, 1.54) is 35.6 Å². The maximum atomic E-state index is 14.5. The molecule has 9 rings (SSSR count). The molecule has 84 heavy (non-hydrogen) atoms. The second-order valence-corrected chi connectivity index (χ2v) is 25.4. The van der Waals surface area contributed by atoms with Crippen molar-refractivity contribution in [3.05, 3.63) is 143 Å². The summed E-state index contributed by atoms with van der Waals surface area (Å²) in [4.78, 5) is 35.1. The number of unbranched alkanes of at least 4 members (excludes halogenated alkanes) is 1. The molecule has 0 saturated carbocycles. The maximum Gasteiger partial charge on any atom is 0.471 e. The van der Waals surface area contributed by atoms with Gasteiger partial charge < -0.3 is 40.3 Å². The first-order chi connectivity index (χ1) is 40.8. The summed E-state index contributed by atoms with van der Waals surface area (Å²) in [5, 5.41) is 4.27. The smallest absolute Gasteiger partial charge is 0.399 e. The minimum atomic E-state index is -4.67. The zero-order chi connectivity index (χ0) is 58.7. The van der Waals surface area contributed by atoms with Crippen molar-refractivity contribution in [3.8, 4) is 5.75 Å². The fourth-order valence-corrected chi connectivity index (χ4v) is 13.4. The molecule has 4 aliphatic rings. The van der Waals surface area contributed by atoms with Crippen LogP contribution >= 0.6 is 47.4 Å². The number of ether oxygens (including phenoxy) is 1. The van der Waals surface area contributed by atoms with E-state index in [-0.39, 0.29) is 23.5 Å². The molecule has 454 valence electrons. The van der Waals surface area contributed by atoms with Gasteiger partial charge in [0, 0.05) is 141 Å². The molecule has 0 spiro atoms. The number of likely N-dealkylation sites (tertiary alicyclic amines) is 1. The molecule has 1 amide bonds. The van der Waals surface area contributed by atoms with Gasteiger partial charge in [-0.25, -0.2) is 4.39 Å². The van der Waals surface area contributed by atoms with Crippen molar-refractivity contribution >= 4 is 81.6 Å². The van der Waals surface area contributed by atoms with E-state index in [9.17, 15) is 22.4 Å². The van der Waals surface area contributed by atoms with Gasteiger partial charge in [-0.3, -0.25) is 19.3 Å². The zero-order valence-corrected chi connectivity index (χ0v) is 51.2. The van der Waals surface area contributed by atoms with Gasteiger partial charge in [0.05, 0.1) is 18.0 Å². The average Bonchev–Trinajstić information content (AvgIpc) is 3.96. The number of allylic oxidation sites excluding steroid dienone is 1. The average molecular weight is 1240 g/mol. The Morgan fingerprint density at radius 2 is 1.46 bits per heavy atom. The van der Waals surface area contributed by atoms with E-state index in [0.717, 1.165) is 171 Å². The number of hydrogen-bond acceptors (Lipinski definition) is 15. The number of amides is 1. The molecule has 0 radical (unpaired) electrons. The molecule has 0 aromatic heterocycles. The Kier molecular flexibility index (Phi) is 24.4. The van der Waals surface area contributed by atoms with Gasteiger partial charge >= 0.3 is 5.51 Å². The largest absolute Gasteiger partial charge is 0.471 e. The van der Waals surface area contributed by atoms with Gasteiger partial charge in [0.25, 0.3) is 5.91 Å². The lowest BCUT2D eigenvalue weighted by molar-refractivity contribution is -0.106. The van der Waals surface area contributed by atoms with Crippen LogP contribution < -0.4 is 30.5 Å². The number of thioether (sulfide) groups is 1. The Labute approximate surface area is 511 Å². The predicted octanol–water partition coefficient (Wildman–Crippen LogP) is 13.0. The zero-order valence-electron chi connectivity index (χ0n) is 48.0. The molecule has 4 heterocycles. The third-order valence-corrected chi connectivity index (χ3v) is 18.8. The van der Waals surface area contributed by atoms with Crippen LogP contribution in [-0.2, 0) is 9.07 Å². The van der Waals surface area contributed by atoms with Crippen LogP contribution in [0.2, 0.25) is 5.02 Å². The highest BCUT2D eigenvalue weighted by Crippen LogP contribution is 2.37. The molecule has 13 nitrogen and oxygen atoms in total. The number of halogens is 5. The number of nitrogens with one attached hydrogen (secondary N) is 2. The number of hydrogen-bond donors (Lipinski definition) is 3. The van der Waals surface area contributed by atoms with Gasteiger partial charge in [-0.15, -0.1) is 16.1 Å². The van der Waals surface area contributed by atoms with Crippen molar-refractivity contribution in [2.45, 2.75) is 73.2 Å². The van der Waals surface area contributed by atoms with Gasteiger partial charge in [-0.2, -0.15) is 13.2 Å². The van der Waals surface area contributed by atoms with Crippen LogP contribution in [0.15, 0.2) is 131 Å². The van der Waals surface area contributed by atoms with Crippen LogP contribution in [0.4, 0.5) is 40.3 Å². The molecule has 5 aromatic rings. The highest BCUT2D eigenvalue weighted by molar-refractivity contribution is 7.99. The number of anilines is 4. The number of carbonyl (C=O) groups is 1. The highest BCUT2D eigenvalue weighted by Gasteiger charge is 2.32. The number of rotatable bonds is 26. The van der Waals surface area contributed by atoms with Crippen LogP contribution in [0.25, 0.3) is 5.57 Å². The van der Waals surface area contributed by atoms with Crippen molar-refractivity contribution in [2.75, 3.05) is 145 Å². The quantitative estimate of drug-likeness (QED) is 0.00713. The number of piperazine rings is 2. The molecule has 4 aliphatic heterocycles. The monoisotopic (exact) mass is 1230 g/mol. The Hall–Kier alpha value is -4.87. The molecule has 21 heteroatoms. The Bertz CT molecular complexity index is 2850. The standard InChI is InChI=1S/C63H80ClF4N9O4S3/c1-47(57(49-11-15-51(64)16-12-49)10-5-6-26-72-28-23-48(24-29-72)45-75-33-37-77(38-34-75)60-42-52(69)17-21-58(60)65)44-74-31-35-76(36-32-74)54-18-13-50(14-19-54)62(78)71-83-56-20-22-59(61(43-56)80-81-84-63(66,67)68)70-53(46-82-55-8-3-2-4-9-55)25-30-73-27-7-40-79-41-39-73/h2-4,8-9,11-22,42-43,48,53,70H,5-7,10,23-41,44-46,69H2,1H3,(H,71,78)/b57-47-. The first kappa shape index (κ1) is 63.6. The topological polar surface area (TPSA) is 114 Å². The highest BCUT2D eigenvalue weighted by atomic mass is 35.5. The summed E-state index contributed by atoms with van der Waals surface area (Å²) in [6, 6.07) is 35.8. The number of piperidine rings is 1. The van der Waals surface area contributed by atoms with Crippen LogP contribution in [0.3, 0.4) is 0 Å². The van der Waals surface area contributed by atoms with Gasteiger partial charge in [-0.1, -0.05) is 47.5 Å². The summed E-state index contributed by atoms with van der Waals surface area (Å²) in [7, 11) is 0. The maximum absolute atomic E-state index is 14.5. The first-order valence-corrected chi connectivity index (χ1v) is 32.4. The predicted molar refractivity (Wildman–Crippen MR) is 338 cm³/mol. The Morgan fingerprint density at radius 1 is 0.750 bits per heavy atom. The minimum Gasteiger partial charge on any atom is -0.399 e. The van der Waals surface area contributed by atoms with Crippen molar-refractivity contribution in [1.29, 1.82) is 0 Å². The van der Waals surface area contributed by atoms with E-state index in [1.54, 1.807) is 42.1 Å². The first-order valence-electron chi connectivity index (χ1n) is 29.5. The van der Waals surface area contributed by atoms with Gasteiger partial charge in [-0.05, 0) is 179 Å². The molecule has 4 saturated heterocycles. The van der Waals surface area contributed by atoms with Gasteiger partial charge in [0.2, 0.25) is 0 Å². The Balaban J connectivity index is 0.724. The molecular weight excluding hydrogens is 1150 g/mol. The normalized spacial score (nSPS) is 18.1. The van der Waals surface area contributed by atoms with E-state index < -0.39 is 17.6 Å². The summed E-state index contributed by atoms with van der Waals surface area (Å²) < 4.78 is 67.2. The number of benzene rings is 5. The van der Waals surface area contributed by atoms with E-state index in [1.807, 2.05) is 54.6 Å². The number of alkyl halides is 3. The summed E-state index contributed by atoms with van der Waals surface area (Å²) >= 11 is 8.38. The van der Waals surface area contributed by atoms with Crippen LogP contribution in [-0.4, -0.2) is 161 Å². The molecule has 4 fully saturated rings. The number of carbonyl (C=O) groups excluding carboxylic acids is 1. The van der Waals surface area contributed by atoms with Crippen molar-refractivity contribution in [2.24, 2.45) is 5.92 Å². The lowest BCUT2D eigenvalue weighted by atomic mass is 9.94. The summed E-state index contributed by atoms with van der Waals surface area (Å²) in [5.74, 6) is 0.942. The second-order valence-electron chi connectivity index (χ2n) is 22.2.